The Kier molecular flexibility index (Phi) is 1.39. The van der Waals surface area contributed by atoms with Crippen LogP contribution in [-0.2, 0) is 6.42 Å². The molecule has 0 aliphatic carbocycles. The molecule has 2 nitrogen and oxygen atoms in total. The summed E-state index contributed by atoms with van der Waals surface area (Å²) in [7, 11) is 0. The summed E-state index contributed by atoms with van der Waals surface area (Å²) in [6, 6.07) is 1.99. The first-order chi connectivity index (χ1) is 5.42. The fourth-order valence-electron chi connectivity index (χ4n) is 1.31. The van der Waals surface area contributed by atoms with Crippen LogP contribution < -0.4 is 0 Å². The Morgan fingerprint density at radius 1 is 1.55 bits per heavy atom. The van der Waals surface area contributed by atoms with Gasteiger partial charge in [0.25, 0.3) is 0 Å². The van der Waals surface area contributed by atoms with Gasteiger partial charge in [0.15, 0.2) is 0 Å². The number of hydrogen-bond acceptors (Lipinski definition) is 1. The minimum atomic E-state index is 1.06. The van der Waals surface area contributed by atoms with Crippen LogP contribution in [0.2, 0.25) is 0 Å². The van der Waals surface area contributed by atoms with Crippen molar-refractivity contribution in [3.8, 4) is 0 Å². The second-order valence-corrected chi connectivity index (χ2v) is 2.59. The van der Waals surface area contributed by atoms with Gasteiger partial charge in [-0.05, 0) is 18.1 Å². The predicted molar refractivity (Wildman–Crippen MR) is 45.5 cm³/mol. The van der Waals surface area contributed by atoms with Crippen molar-refractivity contribution in [3.05, 3.63) is 30.2 Å². The van der Waals surface area contributed by atoms with Gasteiger partial charge in [-0.25, -0.2) is 0 Å². The number of fused-ring (bicyclic) bond motifs is 1. The largest absolute Gasteiger partial charge is 0.361 e. The lowest BCUT2D eigenvalue weighted by Gasteiger charge is -1.89. The number of aryl methyl sites for hydroxylation is 1. The highest BCUT2D eigenvalue weighted by molar-refractivity contribution is 5.81. The number of rotatable bonds is 1. The third kappa shape index (κ3) is 0.909. The topological polar surface area (TPSA) is 28.7 Å². The molecule has 2 heterocycles. The van der Waals surface area contributed by atoms with E-state index >= 15 is 0 Å². The summed E-state index contributed by atoms with van der Waals surface area (Å²) in [5, 5.41) is 1.25. The van der Waals surface area contributed by atoms with E-state index in [-0.39, 0.29) is 0 Å². The lowest BCUT2D eigenvalue weighted by atomic mass is 10.2. The molecule has 0 aromatic carbocycles. The van der Waals surface area contributed by atoms with Crippen molar-refractivity contribution in [1.29, 1.82) is 0 Å². The summed E-state index contributed by atoms with van der Waals surface area (Å²) in [5.41, 5.74) is 2.52. The van der Waals surface area contributed by atoms with Gasteiger partial charge in [0.05, 0.1) is 0 Å². The molecule has 0 amide bonds. The molecule has 0 spiro atoms. The lowest BCUT2D eigenvalue weighted by molar-refractivity contribution is 1.15. The Morgan fingerprint density at radius 2 is 2.45 bits per heavy atom. The van der Waals surface area contributed by atoms with Crippen molar-refractivity contribution in [2.24, 2.45) is 0 Å². The predicted octanol–water partition coefficient (Wildman–Crippen LogP) is 2.13. The molecule has 0 bridgehead atoms. The Balaban J connectivity index is 2.76. The van der Waals surface area contributed by atoms with Crippen molar-refractivity contribution >= 4 is 10.9 Å². The zero-order valence-electron chi connectivity index (χ0n) is 6.46. The normalized spacial score (nSPS) is 10.6. The van der Waals surface area contributed by atoms with E-state index < -0.39 is 0 Å². The van der Waals surface area contributed by atoms with Crippen LogP contribution in [-0.4, -0.2) is 9.97 Å². The van der Waals surface area contributed by atoms with Crippen LogP contribution in [0.1, 0.15) is 12.5 Å². The first-order valence-corrected chi connectivity index (χ1v) is 3.82. The smallest absolute Gasteiger partial charge is 0.0487 e. The molecule has 2 heteroatoms. The highest BCUT2D eigenvalue weighted by Gasteiger charge is 1.98. The molecular weight excluding hydrogens is 136 g/mol. The van der Waals surface area contributed by atoms with Gasteiger partial charge in [-0.15, -0.1) is 0 Å². The molecule has 0 atom stereocenters. The summed E-state index contributed by atoms with van der Waals surface area (Å²) in [5.74, 6) is 0. The average Bonchev–Trinajstić information content (AvgIpc) is 2.47. The SMILES string of the molecule is CCc1c[nH]c2ccncc12. The summed E-state index contributed by atoms with van der Waals surface area (Å²) in [4.78, 5) is 7.27. The number of aromatic nitrogens is 2. The van der Waals surface area contributed by atoms with Crippen molar-refractivity contribution in [3.63, 3.8) is 0 Å². The highest BCUT2D eigenvalue weighted by Crippen LogP contribution is 2.16. The second-order valence-electron chi connectivity index (χ2n) is 2.59. The molecule has 0 aliphatic rings. The third-order valence-electron chi connectivity index (χ3n) is 1.95. The van der Waals surface area contributed by atoms with E-state index in [1.807, 2.05) is 18.5 Å². The Bertz CT molecular complexity index is 362. The number of H-pyrrole nitrogens is 1. The van der Waals surface area contributed by atoms with Gasteiger partial charge in [0.1, 0.15) is 0 Å². The maximum atomic E-state index is 4.07. The monoisotopic (exact) mass is 146 g/mol. The first-order valence-electron chi connectivity index (χ1n) is 3.82. The zero-order valence-corrected chi connectivity index (χ0v) is 6.46. The quantitative estimate of drug-likeness (QED) is 0.656. The van der Waals surface area contributed by atoms with Gasteiger partial charge in [0.2, 0.25) is 0 Å². The maximum absolute atomic E-state index is 4.07. The molecule has 2 rings (SSSR count). The van der Waals surface area contributed by atoms with E-state index in [9.17, 15) is 0 Å². The van der Waals surface area contributed by atoms with Gasteiger partial charge < -0.3 is 4.98 Å². The van der Waals surface area contributed by atoms with Crippen LogP contribution in [0.15, 0.2) is 24.7 Å². The van der Waals surface area contributed by atoms with Crippen LogP contribution >= 0.6 is 0 Å². The molecule has 0 aliphatic heterocycles. The average molecular weight is 146 g/mol. The summed E-state index contributed by atoms with van der Waals surface area (Å²) in [6.07, 6.45) is 6.82. The molecule has 56 valence electrons. The number of nitrogens with one attached hydrogen (secondary N) is 1. The van der Waals surface area contributed by atoms with E-state index in [4.69, 9.17) is 0 Å². The molecule has 0 saturated carbocycles. The van der Waals surface area contributed by atoms with Crippen LogP contribution in [0.5, 0.6) is 0 Å². The van der Waals surface area contributed by atoms with Gasteiger partial charge in [0, 0.05) is 29.5 Å². The summed E-state index contributed by atoms with van der Waals surface area (Å²) >= 11 is 0. The molecule has 1 N–H and O–H groups in total. The second kappa shape index (κ2) is 2.38. The van der Waals surface area contributed by atoms with Crippen molar-refractivity contribution in [2.45, 2.75) is 13.3 Å². The van der Waals surface area contributed by atoms with E-state index in [1.54, 1.807) is 6.20 Å². The minimum Gasteiger partial charge on any atom is -0.361 e. The van der Waals surface area contributed by atoms with Gasteiger partial charge >= 0.3 is 0 Å². The maximum Gasteiger partial charge on any atom is 0.0487 e. The van der Waals surface area contributed by atoms with Crippen molar-refractivity contribution in [1.82, 2.24) is 9.97 Å². The highest BCUT2D eigenvalue weighted by atomic mass is 14.7. The van der Waals surface area contributed by atoms with Crippen molar-refractivity contribution in [2.75, 3.05) is 0 Å². The Morgan fingerprint density at radius 3 is 3.27 bits per heavy atom. The molecule has 11 heavy (non-hydrogen) atoms. The molecular formula is C9H10N2. The zero-order chi connectivity index (χ0) is 7.68. The van der Waals surface area contributed by atoms with E-state index in [1.165, 1.54) is 16.5 Å². The summed E-state index contributed by atoms with van der Waals surface area (Å²) in [6.45, 7) is 2.15. The van der Waals surface area contributed by atoms with E-state index in [0.29, 0.717) is 0 Å². The minimum absolute atomic E-state index is 1.06. The van der Waals surface area contributed by atoms with E-state index in [0.717, 1.165) is 6.42 Å². The molecule has 0 saturated heterocycles. The fraction of sp³-hybridized carbons (Fsp3) is 0.222. The van der Waals surface area contributed by atoms with E-state index in [2.05, 4.69) is 16.9 Å². The lowest BCUT2D eigenvalue weighted by Crippen LogP contribution is -1.75. The molecule has 2 aromatic heterocycles. The first kappa shape index (κ1) is 6.40. The van der Waals surface area contributed by atoms with Gasteiger partial charge in [-0.2, -0.15) is 0 Å². The number of nitrogens with zero attached hydrogens (tertiary/aromatic N) is 1. The Labute approximate surface area is 65.3 Å². The van der Waals surface area contributed by atoms with Crippen molar-refractivity contribution < 1.29 is 0 Å². The summed E-state index contributed by atoms with van der Waals surface area (Å²) < 4.78 is 0. The fourth-order valence-corrected chi connectivity index (χ4v) is 1.31. The van der Waals surface area contributed by atoms with Gasteiger partial charge in [-0.1, -0.05) is 6.92 Å². The van der Waals surface area contributed by atoms with Crippen LogP contribution in [0.25, 0.3) is 10.9 Å². The molecule has 0 unspecified atom stereocenters. The third-order valence-corrected chi connectivity index (χ3v) is 1.95. The number of hydrogen-bond donors (Lipinski definition) is 1. The number of aromatic amines is 1. The number of pyridine rings is 1. The van der Waals surface area contributed by atoms with Crippen LogP contribution in [0, 0.1) is 0 Å². The standard InChI is InChI=1S/C9H10N2/c1-2-7-5-11-9-3-4-10-6-8(7)9/h3-6,11H,2H2,1H3. The van der Waals surface area contributed by atoms with Crippen LogP contribution in [0.4, 0.5) is 0 Å². The Hall–Kier alpha value is -1.31. The molecule has 0 radical (unpaired) electrons. The molecule has 0 fully saturated rings. The molecule has 2 aromatic rings. The van der Waals surface area contributed by atoms with Gasteiger partial charge in [-0.3, -0.25) is 4.98 Å². The van der Waals surface area contributed by atoms with Crippen LogP contribution in [0.3, 0.4) is 0 Å².